The molecule has 2 bridgehead atoms. The van der Waals surface area contributed by atoms with Crippen LogP contribution in [0.2, 0.25) is 0 Å². The number of fused-ring (bicyclic) bond motifs is 2. The predicted molar refractivity (Wildman–Crippen MR) is 71.1 cm³/mol. The van der Waals surface area contributed by atoms with Gasteiger partial charge in [0.05, 0.1) is 17.4 Å². The highest BCUT2D eigenvalue weighted by molar-refractivity contribution is 5.84. The van der Waals surface area contributed by atoms with E-state index in [1.165, 1.54) is 19.1 Å². The molecule has 21 heavy (non-hydrogen) atoms. The lowest BCUT2D eigenvalue weighted by Crippen LogP contribution is -2.56. The van der Waals surface area contributed by atoms with Gasteiger partial charge in [-0.3, -0.25) is 9.59 Å². The summed E-state index contributed by atoms with van der Waals surface area (Å²) >= 11 is 0. The van der Waals surface area contributed by atoms with Crippen LogP contribution in [0.1, 0.15) is 36.3 Å². The molecule has 1 aromatic carbocycles. The molecule has 5 atom stereocenters. The highest BCUT2D eigenvalue weighted by Crippen LogP contribution is 2.60. The van der Waals surface area contributed by atoms with Gasteiger partial charge in [-0.25, -0.2) is 0 Å². The summed E-state index contributed by atoms with van der Waals surface area (Å²) in [6, 6.07) is 4.53. The van der Waals surface area contributed by atoms with Gasteiger partial charge >= 0.3 is 11.9 Å². The highest BCUT2D eigenvalue weighted by Gasteiger charge is 2.60. The summed E-state index contributed by atoms with van der Waals surface area (Å²) in [5, 5.41) is 39.1. The van der Waals surface area contributed by atoms with Crippen LogP contribution in [-0.2, 0) is 9.59 Å². The third-order valence-electron chi connectivity index (χ3n) is 4.86. The van der Waals surface area contributed by atoms with Gasteiger partial charge in [0.2, 0.25) is 0 Å². The lowest BCUT2D eigenvalue weighted by Gasteiger charge is -2.53. The molecule has 1 saturated carbocycles. The number of aliphatic carboxylic acids is 2. The Morgan fingerprint density at radius 2 is 1.76 bits per heavy atom. The molecule has 0 aliphatic heterocycles. The zero-order valence-corrected chi connectivity index (χ0v) is 11.4. The van der Waals surface area contributed by atoms with Gasteiger partial charge < -0.3 is 20.4 Å². The summed E-state index contributed by atoms with van der Waals surface area (Å²) in [4.78, 5) is 23.2. The molecule has 0 amide bonds. The quantitative estimate of drug-likeness (QED) is 0.649. The van der Waals surface area contributed by atoms with Crippen LogP contribution < -0.4 is 0 Å². The number of aromatic hydroxyl groups is 1. The molecule has 5 unspecified atom stereocenters. The maximum absolute atomic E-state index is 11.6. The molecular formula is C15H16O6. The summed E-state index contributed by atoms with van der Waals surface area (Å²) in [7, 11) is 0. The molecule has 4 N–H and O–H groups in total. The fourth-order valence-electron chi connectivity index (χ4n) is 4.17. The van der Waals surface area contributed by atoms with Crippen LogP contribution in [-0.4, -0.2) is 38.0 Å². The largest absolute Gasteiger partial charge is 0.508 e. The van der Waals surface area contributed by atoms with Crippen molar-refractivity contribution in [3.05, 3.63) is 29.3 Å². The SMILES string of the molecule is CC1(O)CC2c3ccc(O)cc3C1C(C(=O)O)C2C(=O)O. The first-order valence-electron chi connectivity index (χ1n) is 6.75. The van der Waals surface area contributed by atoms with Gasteiger partial charge in [-0.15, -0.1) is 0 Å². The molecule has 112 valence electrons. The minimum atomic E-state index is -1.31. The van der Waals surface area contributed by atoms with E-state index in [1.54, 1.807) is 6.07 Å². The van der Waals surface area contributed by atoms with Crippen LogP contribution in [0.3, 0.4) is 0 Å². The zero-order valence-electron chi connectivity index (χ0n) is 11.4. The first-order valence-corrected chi connectivity index (χ1v) is 6.75. The molecule has 4 rings (SSSR count). The number of aliphatic hydroxyl groups is 1. The standard InChI is InChI=1S/C15H16O6/c1-15(21)5-9-7-3-2-6(16)4-8(7)12(15)11(14(19)20)10(9)13(17)18/h2-4,9-12,16,21H,5H2,1H3,(H,17,18)(H,19,20). The maximum atomic E-state index is 11.6. The number of rotatable bonds is 2. The number of phenols is 1. The van der Waals surface area contributed by atoms with Crippen molar-refractivity contribution in [2.24, 2.45) is 11.8 Å². The van der Waals surface area contributed by atoms with Crippen LogP contribution >= 0.6 is 0 Å². The maximum Gasteiger partial charge on any atom is 0.308 e. The molecule has 1 fully saturated rings. The molecule has 6 nitrogen and oxygen atoms in total. The van der Waals surface area contributed by atoms with Crippen LogP contribution in [0.25, 0.3) is 0 Å². The number of benzene rings is 1. The van der Waals surface area contributed by atoms with Crippen molar-refractivity contribution in [2.75, 3.05) is 0 Å². The van der Waals surface area contributed by atoms with E-state index >= 15 is 0 Å². The Labute approximate surface area is 120 Å². The molecule has 3 aliphatic carbocycles. The molecule has 3 aliphatic rings. The molecule has 0 heterocycles. The minimum absolute atomic E-state index is 0.0203. The summed E-state index contributed by atoms with van der Waals surface area (Å²) in [5.41, 5.74) is -0.0455. The Kier molecular flexibility index (Phi) is 2.78. The van der Waals surface area contributed by atoms with E-state index in [4.69, 9.17) is 0 Å². The molecule has 0 aromatic heterocycles. The van der Waals surface area contributed by atoms with E-state index in [1.807, 2.05) is 0 Å². The molecule has 6 heteroatoms. The van der Waals surface area contributed by atoms with Crippen molar-refractivity contribution in [2.45, 2.75) is 30.8 Å². The van der Waals surface area contributed by atoms with Gasteiger partial charge in [-0.2, -0.15) is 0 Å². The van der Waals surface area contributed by atoms with Crippen molar-refractivity contribution in [3.8, 4) is 5.75 Å². The summed E-state index contributed by atoms with van der Waals surface area (Å²) in [6.07, 6.45) is 0.205. The van der Waals surface area contributed by atoms with E-state index in [0.717, 1.165) is 0 Å². The Morgan fingerprint density at radius 1 is 1.14 bits per heavy atom. The predicted octanol–water partition coefficient (Wildman–Crippen LogP) is 1.13. The van der Waals surface area contributed by atoms with Crippen molar-refractivity contribution < 1.29 is 30.0 Å². The van der Waals surface area contributed by atoms with Gasteiger partial charge in [0, 0.05) is 11.8 Å². The number of carbonyl (C=O) groups is 2. The van der Waals surface area contributed by atoms with E-state index in [-0.39, 0.29) is 12.2 Å². The van der Waals surface area contributed by atoms with Gasteiger partial charge in [0.1, 0.15) is 5.75 Å². The second kappa shape index (κ2) is 4.21. The zero-order chi connectivity index (χ0) is 15.5. The topological polar surface area (TPSA) is 115 Å². The number of hydrogen-bond donors (Lipinski definition) is 4. The Bertz CT molecular complexity index is 635. The summed E-state index contributed by atoms with van der Waals surface area (Å²) in [5.74, 6) is -6.09. The van der Waals surface area contributed by atoms with Gasteiger partial charge in [-0.05, 0) is 36.6 Å². The van der Waals surface area contributed by atoms with Crippen LogP contribution in [0.4, 0.5) is 0 Å². The van der Waals surface area contributed by atoms with Crippen LogP contribution in [0.15, 0.2) is 18.2 Å². The third-order valence-corrected chi connectivity index (χ3v) is 4.86. The number of phenolic OH excluding ortho intramolecular Hbond substituents is 1. The normalized spacial score (nSPS) is 37.0. The summed E-state index contributed by atoms with van der Waals surface area (Å²) in [6.45, 7) is 1.53. The monoisotopic (exact) mass is 292 g/mol. The fourth-order valence-corrected chi connectivity index (χ4v) is 4.17. The second-order valence-corrected chi connectivity index (χ2v) is 6.19. The minimum Gasteiger partial charge on any atom is -0.508 e. The third kappa shape index (κ3) is 1.82. The average molecular weight is 292 g/mol. The van der Waals surface area contributed by atoms with Crippen LogP contribution in [0.5, 0.6) is 5.75 Å². The van der Waals surface area contributed by atoms with Crippen molar-refractivity contribution >= 4 is 11.9 Å². The number of carboxylic acid groups (broad SMARTS) is 2. The van der Waals surface area contributed by atoms with Crippen LogP contribution in [0, 0.1) is 11.8 Å². The lowest BCUT2D eigenvalue weighted by atomic mass is 9.51. The Balaban J connectivity index is 2.26. The molecular weight excluding hydrogens is 276 g/mol. The van der Waals surface area contributed by atoms with Gasteiger partial charge in [-0.1, -0.05) is 6.07 Å². The fraction of sp³-hybridized carbons (Fsp3) is 0.467. The van der Waals surface area contributed by atoms with E-state index in [2.05, 4.69) is 0 Å². The van der Waals surface area contributed by atoms with E-state index < -0.39 is 41.2 Å². The first kappa shape index (κ1) is 13.9. The first-order chi connectivity index (χ1) is 9.74. The van der Waals surface area contributed by atoms with Crippen molar-refractivity contribution in [1.29, 1.82) is 0 Å². The molecule has 1 aromatic rings. The molecule has 0 saturated heterocycles. The van der Waals surface area contributed by atoms with E-state index in [9.17, 15) is 30.0 Å². The van der Waals surface area contributed by atoms with Crippen molar-refractivity contribution in [1.82, 2.24) is 0 Å². The average Bonchev–Trinajstić information content (AvgIpc) is 2.35. The van der Waals surface area contributed by atoms with Gasteiger partial charge in [0.15, 0.2) is 0 Å². The van der Waals surface area contributed by atoms with Gasteiger partial charge in [0.25, 0.3) is 0 Å². The summed E-state index contributed by atoms with van der Waals surface area (Å²) < 4.78 is 0. The Morgan fingerprint density at radius 3 is 2.33 bits per heavy atom. The van der Waals surface area contributed by atoms with E-state index in [0.29, 0.717) is 11.1 Å². The molecule has 0 radical (unpaired) electrons. The van der Waals surface area contributed by atoms with Crippen molar-refractivity contribution in [3.63, 3.8) is 0 Å². The molecule has 0 spiro atoms. The smallest absolute Gasteiger partial charge is 0.308 e. The number of carboxylic acids is 2. The lowest BCUT2D eigenvalue weighted by molar-refractivity contribution is -0.167. The highest BCUT2D eigenvalue weighted by atomic mass is 16.4. The Hall–Kier alpha value is -2.08. The second-order valence-electron chi connectivity index (χ2n) is 6.19. The number of hydrogen-bond acceptors (Lipinski definition) is 4.